The van der Waals surface area contributed by atoms with E-state index in [1.54, 1.807) is 0 Å². The van der Waals surface area contributed by atoms with Crippen molar-refractivity contribution in [3.8, 4) is 0 Å². The van der Waals surface area contributed by atoms with Crippen molar-refractivity contribution < 1.29 is 21.8 Å². The number of nitrogens with zero attached hydrogens (tertiary/aromatic N) is 1. The van der Waals surface area contributed by atoms with Gasteiger partial charge in [0, 0.05) is 12.1 Å². The minimum Gasteiger partial charge on any atom is -0.418 e. The van der Waals surface area contributed by atoms with Crippen LogP contribution in [0.5, 0.6) is 0 Å². The van der Waals surface area contributed by atoms with Crippen molar-refractivity contribution in [2.75, 3.05) is 6.54 Å². The van der Waals surface area contributed by atoms with Gasteiger partial charge in [0.05, 0.1) is 6.04 Å². The minimum absolute atomic E-state index is 0.692. The average Bonchev–Trinajstić information content (AvgIpc) is 2.69. The monoisotopic (exact) mass is 250 g/mol. The minimum atomic E-state index is -6.00. The van der Waals surface area contributed by atoms with Crippen LogP contribution in [0.4, 0.5) is 17.3 Å². The van der Waals surface area contributed by atoms with Crippen molar-refractivity contribution >= 4 is 7.25 Å². The summed E-state index contributed by atoms with van der Waals surface area (Å²) in [6, 6.07) is 6.90. The molecule has 0 bridgehead atoms. The van der Waals surface area contributed by atoms with Gasteiger partial charge in [0.2, 0.25) is 0 Å². The summed E-state index contributed by atoms with van der Waals surface area (Å²) < 4.78 is 41.2. The number of hydrogen-bond donors (Lipinski definition) is 1. The molecule has 1 aliphatic heterocycles. The highest BCUT2D eigenvalue weighted by Crippen LogP contribution is 2.06. The molecule has 7 heteroatoms. The third kappa shape index (κ3) is 7.73. The molecule has 0 saturated carbocycles. The zero-order valence-corrected chi connectivity index (χ0v) is 9.33. The van der Waals surface area contributed by atoms with E-state index in [0.717, 1.165) is 6.54 Å². The van der Waals surface area contributed by atoms with E-state index in [9.17, 15) is 17.3 Å². The highest BCUT2D eigenvalue weighted by Gasteiger charge is 2.20. The molecule has 1 aromatic heterocycles. The maximum absolute atomic E-state index is 9.75. The van der Waals surface area contributed by atoms with Gasteiger partial charge in [-0.25, -0.2) is 4.57 Å². The Morgan fingerprint density at radius 3 is 2.18 bits per heavy atom. The highest BCUT2D eigenvalue weighted by atomic mass is 19.5. The molecule has 0 aromatic carbocycles. The number of nitrogens with one attached hydrogen (secondary N) is 1. The fourth-order valence-corrected chi connectivity index (χ4v) is 1.72. The van der Waals surface area contributed by atoms with Crippen LogP contribution in [-0.4, -0.2) is 19.8 Å². The first kappa shape index (κ1) is 14.0. The number of aromatic nitrogens is 1. The van der Waals surface area contributed by atoms with Crippen molar-refractivity contribution in [1.29, 1.82) is 0 Å². The standard InChI is InChI=1S/C10H15N2.BF4/c1-2-7-12(8-3-1)9-10-5-4-6-11-10;2-1(3,4)5/h1-3,7-8,10-11H,4-6,9H2;/q+1;-1/t10-;/m0./s1. The van der Waals surface area contributed by atoms with E-state index in [2.05, 4.69) is 40.5 Å². The van der Waals surface area contributed by atoms with Crippen molar-refractivity contribution in [1.82, 2.24) is 5.32 Å². The Hall–Kier alpha value is -1.11. The lowest BCUT2D eigenvalue weighted by atomic mass is 10.2. The molecule has 1 aromatic rings. The van der Waals surface area contributed by atoms with Crippen molar-refractivity contribution in [2.45, 2.75) is 25.4 Å². The second kappa shape index (κ2) is 6.59. The molecule has 0 aliphatic carbocycles. The summed E-state index contributed by atoms with van der Waals surface area (Å²) >= 11 is 0. The molecule has 0 amide bonds. The molecule has 2 nitrogen and oxygen atoms in total. The molecular weight excluding hydrogens is 235 g/mol. The highest BCUT2D eigenvalue weighted by molar-refractivity contribution is 6.50. The second-order valence-electron chi connectivity index (χ2n) is 3.86. The summed E-state index contributed by atoms with van der Waals surface area (Å²) in [5, 5.41) is 3.48. The van der Waals surface area contributed by atoms with Gasteiger partial charge in [-0.3, -0.25) is 0 Å². The zero-order valence-electron chi connectivity index (χ0n) is 9.33. The number of halogens is 4. The van der Waals surface area contributed by atoms with Gasteiger partial charge in [-0.15, -0.1) is 0 Å². The van der Waals surface area contributed by atoms with Gasteiger partial charge in [-0.2, -0.15) is 0 Å². The molecule has 0 spiro atoms. The molecule has 1 aliphatic rings. The summed E-state index contributed by atoms with van der Waals surface area (Å²) in [5.74, 6) is 0. The van der Waals surface area contributed by atoms with Gasteiger partial charge in [-0.1, -0.05) is 6.07 Å². The van der Waals surface area contributed by atoms with Crippen molar-refractivity contribution in [3.63, 3.8) is 0 Å². The van der Waals surface area contributed by atoms with Crippen molar-refractivity contribution in [2.24, 2.45) is 0 Å². The van der Waals surface area contributed by atoms with E-state index in [1.165, 1.54) is 19.4 Å². The Bertz CT molecular complexity index is 306. The van der Waals surface area contributed by atoms with Gasteiger partial charge in [0.1, 0.15) is 0 Å². The third-order valence-electron chi connectivity index (χ3n) is 2.37. The van der Waals surface area contributed by atoms with Crippen LogP contribution in [0.1, 0.15) is 12.8 Å². The summed E-state index contributed by atoms with van der Waals surface area (Å²) in [6.07, 6.45) is 6.90. The predicted octanol–water partition coefficient (Wildman–Crippen LogP) is 2.03. The predicted molar refractivity (Wildman–Crippen MR) is 57.8 cm³/mol. The largest absolute Gasteiger partial charge is 0.673 e. The van der Waals surface area contributed by atoms with Crippen LogP contribution in [0, 0.1) is 0 Å². The lowest BCUT2D eigenvalue weighted by Crippen LogP contribution is -2.42. The Morgan fingerprint density at radius 2 is 1.71 bits per heavy atom. The summed E-state index contributed by atoms with van der Waals surface area (Å²) in [5.41, 5.74) is 0. The Labute approximate surface area is 97.8 Å². The summed E-state index contributed by atoms with van der Waals surface area (Å²) in [6.45, 7) is 2.30. The van der Waals surface area contributed by atoms with Gasteiger partial charge in [0.15, 0.2) is 18.9 Å². The van der Waals surface area contributed by atoms with E-state index in [4.69, 9.17) is 0 Å². The average molecular weight is 250 g/mol. The third-order valence-corrected chi connectivity index (χ3v) is 2.37. The molecule has 96 valence electrons. The van der Waals surface area contributed by atoms with E-state index in [1.807, 2.05) is 0 Å². The second-order valence-corrected chi connectivity index (χ2v) is 3.86. The smallest absolute Gasteiger partial charge is 0.418 e. The SMILES string of the molecule is F[B-](F)(F)F.c1cc[n+](C[C@@H]2CCCN2)cc1. The first-order valence-corrected chi connectivity index (χ1v) is 5.50. The molecule has 0 radical (unpaired) electrons. The Balaban J connectivity index is 0.000000249. The quantitative estimate of drug-likeness (QED) is 0.482. The normalized spacial score (nSPS) is 19.6. The van der Waals surface area contributed by atoms with Crippen LogP contribution in [0.15, 0.2) is 30.6 Å². The van der Waals surface area contributed by atoms with Crippen LogP contribution >= 0.6 is 0 Å². The van der Waals surface area contributed by atoms with E-state index in [-0.39, 0.29) is 0 Å². The van der Waals surface area contributed by atoms with E-state index in [0.29, 0.717) is 6.04 Å². The van der Waals surface area contributed by atoms with Crippen LogP contribution in [-0.2, 0) is 6.54 Å². The lowest BCUT2D eigenvalue weighted by molar-refractivity contribution is -0.699. The molecule has 0 unspecified atom stereocenters. The fourth-order valence-electron chi connectivity index (χ4n) is 1.72. The van der Waals surface area contributed by atoms with Crippen molar-refractivity contribution in [3.05, 3.63) is 30.6 Å². The molecule has 1 fully saturated rings. The lowest BCUT2D eigenvalue weighted by Gasteiger charge is -2.04. The number of rotatable bonds is 2. The molecule has 1 saturated heterocycles. The maximum Gasteiger partial charge on any atom is 0.673 e. The first-order valence-electron chi connectivity index (χ1n) is 5.50. The first-order chi connectivity index (χ1) is 7.95. The van der Waals surface area contributed by atoms with Crippen LogP contribution in [0.3, 0.4) is 0 Å². The molecule has 2 heterocycles. The zero-order chi connectivity index (χ0) is 12.7. The van der Waals surface area contributed by atoms with Crippen LogP contribution < -0.4 is 9.88 Å². The summed E-state index contributed by atoms with van der Waals surface area (Å²) in [7, 11) is -6.00. The molecule has 17 heavy (non-hydrogen) atoms. The Morgan fingerprint density at radius 1 is 1.12 bits per heavy atom. The molecule has 1 atom stereocenters. The fraction of sp³-hybridized carbons (Fsp3) is 0.500. The summed E-state index contributed by atoms with van der Waals surface area (Å²) in [4.78, 5) is 0. The number of pyridine rings is 1. The van der Waals surface area contributed by atoms with Crippen LogP contribution in [0.2, 0.25) is 0 Å². The van der Waals surface area contributed by atoms with Gasteiger partial charge in [-0.05, 0) is 19.4 Å². The topological polar surface area (TPSA) is 15.9 Å². The van der Waals surface area contributed by atoms with E-state index >= 15 is 0 Å². The molecule has 1 N–H and O–H groups in total. The molecular formula is C10H15BF4N2. The van der Waals surface area contributed by atoms with Gasteiger partial charge in [0.25, 0.3) is 0 Å². The van der Waals surface area contributed by atoms with Gasteiger partial charge >= 0.3 is 7.25 Å². The Kier molecular flexibility index (Phi) is 5.41. The maximum atomic E-state index is 9.75. The number of hydrogen-bond acceptors (Lipinski definition) is 1. The van der Waals surface area contributed by atoms with E-state index < -0.39 is 7.25 Å². The van der Waals surface area contributed by atoms with Crippen LogP contribution in [0.25, 0.3) is 0 Å². The van der Waals surface area contributed by atoms with Gasteiger partial charge < -0.3 is 22.6 Å². The molecule has 2 rings (SSSR count).